The Morgan fingerprint density at radius 1 is 1.11 bits per heavy atom. The molecule has 1 fully saturated rings. The van der Waals surface area contributed by atoms with Gasteiger partial charge in [-0.2, -0.15) is 9.97 Å². The SMILES string of the molecule is COc1nc(N(C)CCN(C)C)c(N)cc1Nc1nccc(N2CC(C)(C)c3nc(C4CC4)ccc32)n1. The number of nitrogens with one attached hydrogen (secondary N) is 1. The molecule has 1 aliphatic heterocycles. The molecule has 1 aliphatic carbocycles. The van der Waals surface area contributed by atoms with Crippen LogP contribution < -0.4 is 25.6 Å². The zero-order valence-corrected chi connectivity index (χ0v) is 22.6. The van der Waals surface area contributed by atoms with Gasteiger partial charge in [-0.05, 0) is 51.2 Å². The Hall–Kier alpha value is -3.66. The molecule has 0 unspecified atom stereocenters. The minimum Gasteiger partial charge on any atom is -0.479 e. The lowest BCUT2D eigenvalue weighted by Crippen LogP contribution is -2.29. The van der Waals surface area contributed by atoms with Gasteiger partial charge in [-0.25, -0.2) is 4.98 Å². The van der Waals surface area contributed by atoms with E-state index in [4.69, 9.17) is 20.4 Å². The summed E-state index contributed by atoms with van der Waals surface area (Å²) in [6, 6.07) is 8.11. The Morgan fingerprint density at radius 2 is 1.89 bits per heavy atom. The van der Waals surface area contributed by atoms with Gasteiger partial charge >= 0.3 is 0 Å². The number of nitrogens with zero attached hydrogens (tertiary/aromatic N) is 7. The van der Waals surface area contributed by atoms with Crippen molar-refractivity contribution in [2.24, 2.45) is 0 Å². The van der Waals surface area contributed by atoms with Crippen LogP contribution in [0.5, 0.6) is 5.88 Å². The topological polar surface area (TPSA) is 109 Å². The second-order valence-electron chi connectivity index (χ2n) is 10.9. The molecule has 10 nitrogen and oxygen atoms in total. The number of fused-ring (bicyclic) bond motifs is 1. The van der Waals surface area contributed by atoms with E-state index >= 15 is 0 Å². The molecule has 1 saturated carbocycles. The number of rotatable bonds is 9. The molecule has 4 heterocycles. The minimum atomic E-state index is -0.0746. The zero-order valence-electron chi connectivity index (χ0n) is 22.6. The van der Waals surface area contributed by atoms with Gasteiger partial charge in [0.2, 0.25) is 11.8 Å². The summed E-state index contributed by atoms with van der Waals surface area (Å²) in [6.07, 6.45) is 4.24. The molecule has 0 spiro atoms. The number of anilines is 6. The van der Waals surface area contributed by atoms with Crippen molar-refractivity contribution >= 4 is 34.6 Å². The second-order valence-corrected chi connectivity index (χ2v) is 10.9. The summed E-state index contributed by atoms with van der Waals surface area (Å²) in [6.45, 7) is 6.95. The monoisotopic (exact) mass is 503 g/mol. The number of nitrogens with two attached hydrogens (primary N) is 1. The van der Waals surface area contributed by atoms with E-state index in [1.54, 1.807) is 13.3 Å². The van der Waals surface area contributed by atoms with Crippen LogP contribution >= 0.6 is 0 Å². The van der Waals surface area contributed by atoms with Crippen molar-refractivity contribution in [1.29, 1.82) is 0 Å². The van der Waals surface area contributed by atoms with Gasteiger partial charge in [0.25, 0.3) is 0 Å². The molecule has 0 aromatic carbocycles. The number of aromatic nitrogens is 4. The molecule has 0 amide bonds. The van der Waals surface area contributed by atoms with Gasteiger partial charge in [-0.15, -0.1) is 0 Å². The van der Waals surface area contributed by atoms with Crippen molar-refractivity contribution in [2.75, 3.05) is 68.7 Å². The lowest BCUT2D eigenvalue weighted by Gasteiger charge is -2.23. The van der Waals surface area contributed by atoms with Crippen LogP contribution in [0.2, 0.25) is 0 Å². The predicted octanol–water partition coefficient (Wildman–Crippen LogP) is 3.91. The van der Waals surface area contributed by atoms with Crippen LogP contribution in [0.3, 0.4) is 0 Å². The van der Waals surface area contributed by atoms with E-state index < -0.39 is 0 Å². The molecule has 0 atom stereocenters. The summed E-state index contributed by atoms with van der Waals surface area (Å²) in [5, 5.41) is 3.26. The fourth-order valence-corrected chi connectivity index (χ4v) is 4.74. The summed E-state index contributed by atoms with van der Waals surface area (Å²) < 4.78 is 5.59. The Balaban J connectivity index is 1.40. The summed E-state index contributed by atoms with van der Waals surface area (Å²) in [5.41, 5.74) is 10.9. The first kappa shape index (κ1) is 25.0. The van der Waals surface area contributed by atoms with Crippen LogP contribution in [0.25, 0.3) is 0 Å². The number of hydrogen-bond donors (Lipinski definition) is 2. The van der Waals surface area contributed by atoms with E-state index in [1.165, 1.54) is 18.5 Å². The number of pyridine rings is 2. The Bertz CT molecular complexity index is 1290. The highest BCUT2D eigenvalue weighted by molar-refractivity contribution is 5.75. The van der Waals surface area contributed by atoms with Gasteiger partial charge in [0.05, 0.1) is 24.2 Å². The fraction of sp³-hybridized carbons (Fsp3) is 0.481. The van der Waals surface area contributed by atoms with Crippen LogP contribution in [-0.4, -0.2) is 72.7 Å². The van der Waals surface area contributed by atoms with Crippen molar-refractivity contribution in [2.45, 2.75) is 38.0 Å². The van der Waals surface area contributed by atoms with E-state index in [0.717, 1.165) is 36.8 Å². The maximum absolute atomic E-state index is 6.39. The largest absolute Gasteiger partial charge is 0.479 e. The standard InChI is InChI=1S/C27H37N9O/c1-27(2)16-36(21-10-9-19(17-7-8-17)30-23(21)27)22-11-12-29-26(32-22)31-20-15-18(28)24(33-25(20)37-6)35(5)14-13-34(3)4/h9-12,15,17H,7-8,13-14,16,28H2,1-6H3,(H,29,31,32). The van der Waals surface area contributed by atoms with Crippen LogP contribution in [0, 0.1) is 0 Å². The van der Waals surface area contributed by atoms with E-state index in [0.29, 0.717) is 34.9 Å². The smallest absolute Gasteiger partial charge is 0.239 e. The predicted molar refractivity (Wildman–Crippen MR) is 149 cm³/mol. The molecule has 5 rings (SSSR count). The van der Waals surface area contributed by atoms with Crippen molar-refractivity contribution in [1.82, 2.24) is 24.8 Å². The second kappa shape index (κ2) is 9.66. The van der Waals surface area contributed by atoms with Gasteiger partial charge in [0.15, 0.2) is 5.82 Å². The van der Waals surface area contributed by atoms with Gasteiger partial charge in [0.1, 0.15) is 11.5 Å². The summed E-state index contributed by atoms with van der Waals surface area (Å²) >= 11 is 0. The molecule has 3 N–H and O–H groups in total. The summed E-state index contributed by atoms with van der Waals surface area (Å²) in [7, 11) is 7.64. The third kappa shape index (κ3) is 5.11. The third-order valence-corrected chi connectivity index (χ3v) is 6.97. The van der Waals surface area contributed by atoms with E-state index in [9.17, 15) is 0 Å². The van der Waals surface area contributed by atoms with E-state index in [2.05, 4.69) is 51.1 Å². The molecule has 196 valence electrons. The van der Waals surface area contributed by atoms with E-state index in [1.807, 2.05) is 38.2 Å². The molecule has 37 heavy (non-hydrogen) atoms. The molecular formula is C27H37N9O. The number of hydrogen-bond acceptors (Lipinski definition) is 10. The van der Waals surface area contributed by atoms with Crippen molar-refractivity contribution < 1.29 is 4.74 Å². The maximum Gasteiger partial charge on any atom is 0.239 e. The average molecular weight is 504 g/mol. The number of ether oxygens (including phenoxy) is 1. The first-order chi connectivity index (χ1) is 17.7. The minimum absolute atomic E-state index is 0.0746. The highest BCUT2D eigenvalue weighted by Gasteiger charge is 2.39. The quantitative estimate of drug-likeness (QED) is 0.446. The molecule has 0 saturated heterocycles. The Morgan fingerprint density at radius 3 is 2.59 bits per heavy atom. The number of nitrogen functional groups attached to an aromatic ring is 1. The Kier molecular flexibility index (Phi) is 6.53. The first-order valence-corrected chi connectivity index (χ1v) is 12.8. The summed E-state index contributed by atoms with van der Waals surface area (Å²) in [4.78, 5) is 25.4. The molecule has 3 aromatic heterocycles. The van der Waals surface area contributed by atoms with Crippen molar-refractivity contribution in [3.05, 3.63) is 41.9 Å². The van der Waals surface area contributed by atoms with Crippen molar-refractivity contribution in [3.8, 4) is 5.88 Å². The molecule has 10 heteroatoms. The number of methoxy groups -OCH3 is 1. The van der Waals surface area contributed by atoms with Crippen LogP contribution in [0.15, 0.2) is 30.5 Å². The normalized spacial score (nSPS) is 16.1. The maximum atomic E-state index is 6.39. The van der Waals surface area contributed by atoms with Crippen molar-refractivity contribution in [3.63, 3.8) is 0 Å². The highest BCUT2D eigenvalue weighted by Crippen LogP contribution is 2.46. The Labute approximate surface area is 218 Å². The molecule has 2 aliphatic rings. The zero-order chi connectivity index (χ0) is 26.3. The average Bonchev–Trinajstić information content (AvgIpc) is 3.68. The summed E-state index contributed by atoms with van der Waals surface area (Å²) in [5.74, 6) is 2.98. The van der Waals surface area contributed by atoms with Crippen LogP contribution in [0.1, 0.15) is 44.0 Å². The first-order valence-electron chi connectivity index (χ1n) is 12.8. The van der Waals surface area contributed by atoms with E-state index in [-0.39, 0.29) is 5.41 Å². The van der Waals surface area contributed by atoms with Gasteiger partial charge in [0, 0.05) is 49.9 Å². The van der Waals surface area contributed by atoms with Crippen LogP contribution in [0.4, 0.5) is 34.6 Å². The fourth-order valence-electron chi connectivity index (χ4n) is 4.74. The molecular weight excluding hydrogens is 466 g/mol. The van der Waals surface area contributed by atoms with Gasteiger partial charge < -0.3 is 30.5 Å². The van der Waals surface area contributed by atoms with Gasteiger partial charge in [-0.1, -0.05) is 13.8 Å². The molecule has 0 radical (unpaired) electrons. The van der Waals surface area contributed by atoms with Gasteiger partial charge in [-0.3, -0.25) is 4.98 Å². The van der Waals surface area contributed by atoms with Crippen LogP contribution in [-0.2, 0) is 5.41 Å². The highest BCUT2D eigenvalue weighted by atomic mass is 16.5. The third-order valence-electron chi connectivity index (χ3n) is 6.97. The number of likely N-dealkylation sites (N-methyl/N-ethyl adjacent to an activating group) is 2. The molecule has 3 aromatic rings. The molecule has 0 bridgehead atoms. The lowest BCUT2D eigenvalue weighted by atomic mass is 9.91. The lowest BCUT2D eigenvalue weighted by molar-refractivity contribution is 0.398.